The third-order valence-electron chi connectivity index (χ3n) is 3.99. The molecule has 2 aromatic carbocycles. The Hall–Kier alpha value is -2.88. The Balaban J connectivity index is 2.65. The number of rotatable bonds is 7. The van der Waals surface area contributed by atoms with Crippen LogP contribution >= 0.6 is 0 Å². The normalized spacial score (nSPS) is 12.9. The molecule has 0 aliphatic rings. The van der Waals surface area contributed by atoms with Gasteiger partial charge in [-0.2, -0.15) is 0 Å². The van der Waals surface area contributed by atoms with Crippen LogP contribution < -0.4 is 0 Å². The molecule has 0 bridgehead atoms. The van der Waals surface area contributed by atoms with Gasteiger partial charge in [0.1, 0.15) is 0 Å². The second-order valence-corrected chi connectivity index (χ2v) is 5.68. The molecule has 0 amide bonds. The first kappa shape index (κ1) is 18.5. The van der Waals surface area contributed by atoms with Crippen LogP contribution in [0, 0.1) is 0 Å². The Bertz CT molecular complexity index is 748. The molecule has 2 aromatic rings. The maximum atomic E-state index is 12.5. The summed E-state index contributed by atoms with van der Waals surface area (Å²) < 4.78 is 5.13. The van der Waals surface area contributed by atoms with Crippen LogP contribution in [-0.2, 0) is 14.3 Å². The van der Waals surface area contributed by atoms with Crippen molar-refractivity contribution in [1.29, 1.82) is 0 Å². The van der Waals surface area contributed by atoms with E-state index in [-0.39, 0.29) is 24.5 Å². The largest absolute Gasteiger partial charge is 0.481 e. The quantitative estimate of drug-likeness (QED) is 0.604. The van der Waals surface area contributed by atoms with Crippen molar-refractivity contribution >= 4 is 17.5 Å². The van der Waals surface area contributed by atoms with Gasteiger partial charge >= 0.3 is 11.9 Å². The van der Waals surface area contributed by atoms with Crippen LogP contribution in [0.5, 0.6) is 0 Å². The molecule has 1 unspecified atom stereocenters. The Labute approximate surface area is 147 Å². The zero-order valence-corrected chi connectivity index (χ0v) is 14.4. The fraction of sp³-hybridized carbons (Fsp3) is 0.238. The van der Waals surface area contributed by atoms with Gasteiger partial charge in [0.2, 0.25) is 0 Å². The molecule has 0 aliphatic carbocycles. The lowest BCUT2D eigenvalue weighted by molar-refractivity contribution is -0.142. The molecule has 0 radical (unpaired) electrons. The molecule has 4 nitrogen and oxygen atoms in total. The lowest BCUT2D eigenvalue weighted by Gasteiger charge is -2.21. The number of carboxylic acids is 1. The first-order valence-electron chi connectivity index (χ1n) is 8.26. The van der Waals surface area contributed by atoms with Gasteiger partial charge in [-0.05, 0) is 23.6 Å². The van der Waals surface area contributed by atoms with E-state index in [4.69, 9.17) is 4.74 Å². The smallest absolute Gasteiger partial charge is 0.334 e. The zero-order chi connectivity index (χ0) is 18.2. The van der Waals surface area contributed by atoms with E-state index in [1.165, 1.54) is 0 Å². The van der Waals surface area contributed by atoms with Gasteiger partial charge in [-0.3, -0.25) is 4.79 Å². The minimum atomic E-state index is -1.06. The number of ether oxygens (including phenoxy) is 1. The average Bonchev–Trinajstić information content (AvgIpc) is 2.62. The molecule has 4 heteroatoms. The van der Waals surface area contributed by atoms with Crippen LogP contribution in [0.3, 0.4) is 0 Å². The van der Waals surface area contributed by atoms with Crippen LogP contribution in [0.2, 0.25) is 0 Å². The van der Waals surface area contributed by atoms with Gasteiger partial charge in [-0.1, -0.05) is 67.6 Å². The van der Waals surface area contributed by atoms with Gasteiger partial charge < -0.3 is 9.84 Å². The van der Waals surface area contributed by atoms with Gasteiger partial charge in [0, 0.05) is 5.92 Å². The summed E-state index contributed by atoms with van der Waals surface area (Å²) in [7, 11) is 0. The average molecular weight is 338 g/mol. The number of carbonyl (C=O) groups excluding carboxylic acids is 1. The van der Waals surface area contributed by atoms with Crippen molar-refractivity contribution < 1.29 is 19.4 Å². The molecule has 0 fully saturated rings. The SMILES string of the molecule is CCOC(=O)/C(CC(=O)O)=C(\c1ccccc1)C(C)c1ccccc1. The molecule has 0 saturated carbocycles. The van der Waals surface area contributed by atoms with E-state index in [1.807, 2.05) is 67.6 Å². The highest BCUT2D eigenvalue weighted by Crippen LogP contribution is 2.35. The van der Waals surface area contributed by atoms with Crippen LogP contribution in [0.1, 0.15) is 37.3 Å². The summed E-state index contributed by atoms with van der Waals surface area (Å²) in [5, 5.41) is 9.31. The van der Waals surface area contributed by atoms with Crippen molar-refractivity contribution in [2.24, 2.45) is 0 Å². The molecule has 130 valence electrons. The van der Waals surface area contributed by atoms with E-state index in [0.29, 0.717) is 5.57 Å². The predicted octanol–water partition coefficient (Wildman–Crippen LogP) is 4.28. The highest BCUT2D eigenvalue weighted by atomic mass is 16.5. The second kappa shape index (κ2) is 8.83. The third-order valence-corrected chi connectivity index (χ3v) is 3.99. The van der Waals surface area contributed by atoms with Crippen LogP contribution in [0.4, 0.5) is 0 Å². The number of hydrogen-bond donors (Lipinski definition) is 1. The molecule has 25 heavy (non-hydrogen) atoms. The molecule has 0 spiro atoms. The van der Waals surface area contributed by atoms with Crippen molar-refractivity contribution in [3.8, 4) is 0 Å². The highest BCUT2D eigenvalue weighted by molar-refractivity contribution is 6.02. The van der Waals surface area contributed by atoms with Crippen LogP contribution in [0.15, 0.2) is 66.2 Å². The lowest BCUT2D eigenvalue weighted by atomic mass is 9.84. The maximum Gasteiger partial charge on any atom is 0.334 e. The summed E-state index contributed by atoms with van der Waals surface area (Å²) in [4.78, 5) is 23.9. The molecule has 2 rings (SSSR count). The number of benzene rings is 2. The van der Waals surface area contributed by atoms with Crippen molar-refractivity contribution in [3.05, 3.63) is 77.4 Å². The standard InChI is InChI=1S/C21H22O4/c1-3-25-21(24)18(14-19(22)23)20(17-12-8-5-9-13-17)15(2)16-10-6-4-7-11-16/h4-13,15H,3,14H2,1-2H3,(H,22,23)/b20-18-. The molecular weight excluding hydrogens is 316 g/mol. The number of carboxylic acid groups (broad SMARTS) is 1. The van der Waals surface area contributed by atoms with Gasteiger partial charge in [-0.15, -0.1) is 0 Å². The minimum absolute atomic E-state index is 0.151. The number of aliphatic carboxylic acids is 1. The fourth-order valence-electron chi connectivity index (χ4n) is 2.86. The van der Waals surface area contributed by atoms with Crippen molar-refractivity contribution in [1.82, 2.24) is 0 Å². The molecular formula is C21H22O4. The van der Waals surface area contributed by atoms with Gasteiger partial charge in [0.05, 0.1) is 18.6 Å². The summed E-state index contributed by atoms with van der Waals surface area (Å²) >= 11 is 0. The van der Waals surface area contributed by atoms with E-state index < -0.39 is 11.9 Å². The highest BCUT2D eigenvalue weighted by Gasteiger charge is 2.25. The van der Waals surface area contributed by atoms with Crippen molar-refractivity contribution in [2.45, 2.75) is 26.2 Å². The third kappa shape index (κ3) is 4.80. The Morgan fingerprint density at radius 2 is 1.56 bits per heavy atom. The molecule has 0 aromatic heterocycles. The molecule has 1 atom stereocenters. The second-order valence-electron chi connectivity index (χ2n) is 5.68. The zero-order valence-electron chi connectivity index (χ0n) is 14.4. The molecule has 0 heterocycles. The van der Waals surface area contributed by atoms with Gasteiger partial charge in [0.25, 0.3) is 0 Å². The predicted molar refractivity (Wildman–Crippen MR) is 97.1 cm³/mol. The van der Waals surface area contributed by atoms with E-state index in [1.54, 1.807) is 6.92 Å². The molecule has 0 aliphatic heterocycles. The topological polar surface area (TPSA) is 63.6 Å². The summed E-state index contributed by atoms with van der Waals surface area (Å²) in [5.74, 6) is -1.79. The Morgan fingerprint density at radius 3 is 2.08 bits per heavy atom. The number of esters is 1. The molecule has 1 N–H and O–H groups in total. The summed E-state index contributed by atoms with van der Waals surface area (Å²) in [5.41, 5.74) is 2.71. The van der Waals surface area contributed by atoms with Crippen molar-refractivity contribution in [2.75, 3.05) is 6.61 Å². The van der Waals surface area contributed by atoms with Crippen molar-refractivity contribution in [3.63, 3.8) is 0 Å². The lowest BCUT2D eigenvalue weighted by Crippen LogP contribution is -2.16. The van der Waals surface area contributed by atoms with E-state index >= 15 is 0 Å². The van der Waals surface area contributed by atoms with E-state index in [0.717, 1.165) is 11.1 Å². The maximum absolute atomic E-state index is 12.5. The number of hydrogen-bond acceptors (Lipinski definition) is 3. The minimum Gasteiger partial charge on any atom is -0.481 e. The van der Waals surface area contributed by atoms with Gasteiger partial charge in [0.15, 0.2) is 0 Å². The van der Waals surface area contributed by atoms with Crippen LogP contribution in [0.25, 0.3) is 5.57 Å². The van der Waals surface area contributed by atoms with E-state index in [2.05, 4.69) is 0 Å². The molecule has 0 saturated heterocycles. The number of allylic oxidation sites excluding steroid dienone is 1. The first-order valence-corrected chi connectivity index (χ1v) is 8.26. The Morgan fingerprint density at radius 1 is 1.00 bits per heavy atom. The van der Waals surface area contributed by atoms with Gasteiger partial charge in [-0.25, -0.2) is 4.79 Å². The first-order chi connectivity index (χ1) is 12.0. The summed E-state index contributed by atoms with van der Waals surface area (Å²) in [6.07, 6.45) is -0.375. The monoisotopic (exact) mass is 338 g/mol. The van der Waals surface area contributed by atoms with Crippen LogP contribution in [-0.4, -0.2) is 23.7 Å². The Kier molecular flexibility index (Phi) is 6.52. The fourth-order valence-corrected chi connectivity index (χ4v) is 2.86. The summed E-state index contributed by atoms with van der Waals surface area (Å²) in [6.45, 7) is 3.88. The summed E-state index contributed by atoms with van der Waals surface area (Å²) in [6, 6.07) is 19.1. The number of carbonyl (C=O) groups is 2. The van der Waals surface area contributed by atoms with E-state index in [9.17, 15) is 14.7 Å².